The van der Waals surface area contributed by atoms with Crippen molar-refractivity contribution in [2.45, 2.75) is 71.1 Å². The third-order valence-corrected chi connectivity index (χ3v) is 8.48. The van der Waals surface area contributed by atoms with Crippen molar-refractivity contribution in [3.8, 4) is 11.3 Å². The van der Waals surface area contributed by atoms with Crippen molar-refractivity contribution >= 4 is 40.6 Å². The van der Waals surface area contributed by atoms with Crippen LogP contribution in [0, 0.1) is 11.8 Å². The quantitative estimate of drug-likeness (QED) is 0.386. The lowest BCUT2D eigenvalue weighted by Gasteiger charge is -2.30. The third-order valence-electron chi connectivity index (χ3n) is 8.27. The minimum atomic E-state index is -0.633. The topological polar surface area (TPSA) is 126 Å². The van der Waals surface area contributed by atoms with Gasteiger partial charge in [0.25, 0.3) is 0 Å². The number of rotatable bonds is 7. The molecule has 212 valence electrons. The van der Waals surface area contributed by atoms with Gasteiger partial charge in [-0.2, -0.15) is 0 Å². The Morgan fingerprint density at radius 3 is 2.73 bits per heavy atom. The van der Waals surface area contributed by atoms with Crippen LogP contribution in [0.3, 0.4) is 0 Å². The minimum absolute atomic E-state index is 0.0261. The van der Waals surface area contributed by atoms with E-state index in [-0.39, 0.29) is 11.9 Å². The number of likely N-dealkylation sites (N-methyl/N-ethyl adjacent to an activating group) is 1. The smallest absolute Gasteiger partial charge is 0.355 e. The first-order valence-electron chi connectivity index (χ1n) is 14.2. The third kappa shape index (κ3) is 5.19. The Balaban J connectivity index is 1.53. The molecule has 6 rings (SSSR count). The summed E-state index contributed by atoms with van der Waals surface area (Å²) in [5.41, 5.74) is 6.26. The van der Waals surface area contributed by atoms with Crippen molar-refractivity contribution in [1.82, 2.24) is 35.6 Å². The summed E-state index contributed by atoms with van der Waals surface area (Å²) in [5.74, 6) is 2.03. The van der Waals surface area contributed by atoms with Crippen LogP contribution in [0.25, 0.3) is 22.3 Å². The highest BCUT2D eigenvalue weighted by Gasteiger charge is 2.36. The molecule has 3 N–H and O–H groups in total. The van der Waals surface area contributed by atoms with Gasteiger partial charge in [-0.05, 0) is 56.6 Å². The first-order valence-corrected chi connectivity index (χ1v) is 14.6. The zero-order chi connectivity index (χ0) is 27.8. The number of anilines is 1. The molecule has 3 aromatic rings. The average molecular weight is 567 g/mol. The first kappa shape index (κ1) is 26.8. The van der Waals surface area contributed by atoms with Crippen molar-refractivity contribution in [3.63, 3.8) is 0 Å². The number of fused-ring (bicyclic) bond motifs is 1. The molecule has 3 fully saturated rings. The molecule has 0 bridgehead atoms. The molecule has 3 aromatic heterocycles. The number of hydrogen-bond donors (Lipinski definition) is 3. The summed E-state index contributed by atoms with van der Waals surface area (Å²) in [6.07, 6.45) is 8.52. The molecule has 2 saturated heterocycles. The summed E-state index contributed by atoms with van der Waals surface area (Å²) in [6, 6.07) is 3.43. The van der Waals surface area contributed by atoms with Gasteiger partial charge in [0.1, 0.15) is 6.04 Å². The van der Waals surface area contributed by atoms with E-state index in [1.807, 2.05) is 19.1 Å². The first-order chi connectivity index (χ1) is 19.4. The molecule has 3 aliphatic rings. The summed E-state index contributed by atoms with van der Waals surface area (Å²) in [5, 5.41) is 6.24. The van der Waals surface area contributed by atoms with Gasteiger partial charge in [-0.15, -0.1) is 5.48 Å². The highest BCUT2D eigenvalue weighted by atomic mass is 35.5. The maximum Gasteiger partial charge on any atom is 0.427 e. The van der Waals surface area contributed by atoms with Crippen LogP contribution in [0.15, 0.2) is 24.5 Å². The van der Waals surface area contributed by atoms with E-state index >= 15 is 0 Å². The number of amides is 2. The molecule has 40 heavy (non-hydrogen) atoms. The number of nitrogens with one attached hydrogen (secondary N) is 3. The molecule has 11 nitrogen and oxygen atoms in total. The molecule has 0 spiro atoms. The number of hydroxylamine groups is 1. The Hall–Kier alpha value is -3.44. The highest BCUT2D eigenvalue weighted by molar-refractivity contribution is 6.30. The molecule has 2 atom stereocenters. The van der Waals surface area contributed by atoms with Gasteiger partial charge in [0.2, 0.25) is 11.9 Å². The van der Waals surface area contributed by atoms with E-state index in [9.17, 15) is 9.59 Å². The van der Waals surface area contributed by atoms with E-state index in [0.717, 1.165) is 67.2 Å². The van der Waals surface area contributed by atoms with Gasteiger partial charge in [0.15, 0.2) is 6.17 Å². The fraction of sp³-hybridized carbons (Fsp3) is 0.536. The lowest BCUT2D eigenvalue weighted by atomic mass is 9.83. The molecular weight excluding hydrogens is 532 g/mol. The molecule has 1 saturated carbocycles. The number of aromatic nitrogens is 4. The Bertz CT molecular complexity index is 1420. The molecule has 0 radical (unpaired) electrons. The predicted molar refractivity (Wildman–Crippen MR) is 151 cm³/mol. The molecule has 1 aliphatic carbocycles. The van der Waals surface area contributed by atoms with Crippen LogP contribution in [0.5, 0.6) is 0 Å². The van der Waals surface area contributed by atoms with Crippen LogP contribution < -0.4 is 21.0 Å². The number of nitrogens with zero attached hydrogens (tertiary/aromatic N) is 5. The summed E-state index contributed by atoms with van der Waals surface area (Å²) in [4.78, 5) is 46.4. The van der Waals surface area contributed by atoms with Crippen molar-refractivity contribution in [1.29, 1.82) is 0 Å². The van der Waals surface area contributed by atoms with Crippen LogP contribution in [0.2, 0.25) is 5.02 Å². The van der Waals surface area contributed by atoms with E-state index < -0.39 is 12.3 Å². The normalized spacial score (nSPS) is 24.8. The van der Waals surface area contributed by atoms with E-state index in [1.54, 1.807) is 12.4 Å². The second-order valence-corrected chi connectivity index (χ2v) is 11.6. The van der Waals surface area contributed by atoms with E-state index in [2.05, 4.69) is 37.5 Å². The molecule has 0 aromatic carbocycles. The zero-order valence-electron chi connectivity index (χ0n) is 22.8. The van der Waals surface area contributed by atoms with Crippen LogP contribution in [0.4, 0.5) is 10.7 Å². The van der Waals surface area contributed by atoms with Gasteiger partial charge in [0, 0.05) is 37.6 Å². The molecule has 1 unspecified atom stereocenters. The number of pyridine rings is 2. The van der Waals surface area contributed by atoms with Gasteiger partial charge >= 0.3 is 6.09 Å². The van der Waals surface area contributed by atoms with Gasteiger partial charge in [-0.1, -0.05) is 31.4 Å². The molecular formula is C28H35ClN8O3. The predicted octanol–water partition coefficient (Wildman–Crippen LogP) is 4.32. The van der Waals surface area contributed by atoms with Crippen LogP contribution in [-0.2, 0) is 16.2 Å². The van der Waals surface area contributed by atoms with E-state index in [4.69, 9.17) is 26.4 Å². The van der Waals surface area contributed by atoms with Crippen molar-refractivity contribution in [2.24, 2.45) is 11.8 Å². The Morgan fingerprint density at radius 2 is 2.00 bits per heavy atom. The second-order valence-electron chi connectivity index (χ2n) is 11.1. The van der Waals surface area contributed by atoms with Gasteiger partial charge in [-0.25, -0.2) is 14.8 Å². The lowest BCUT2D eigenvalue weighted by molar-refractivity contribution is -0.122. The number of imidazole rings is 1. The molecule has 12 heteroatoms. The summed E-state index contributed by atoms with van der Waals surface area (Å²) < 4.78 is 2.26. The molecule has 5 heterocycles. The minimum Gasteiger partial charge on any atom is -0.355 e. The zero-order valence-corrected chi connectivity index (χ0v) is 23.6. The van der Waals surface area contributed by atoms with Crippen molar-refractivity contribution in [2.75, 3.05) is 18.0 Å². The SMILES string of the molecule is CCNC(=O)[C@H]1CCCN1c1nc2cc(C3NOC(=O)N3)nc(-c3cncc(Cl)c3)c2n1CC1CCC(C)CC1. The average Bonchev–Trinajstić information content (AvgIpc) is 3.68. The van der Waals surface area contributed by atoms with Gasteiger partial charge in [-0.3, -0.25) is 15.1 Å². The Kier molecular flexibility index (Phi) is 7.50. The van der Waals surface area contributed by atoms with Crippen molar-refractivity contribution < 1.29 is 14.4 Å². The Labute approximate surface area is 238 Å². The maximum atomic E-state index is 13.1. The summed E-state index contributed by atoms with van der Waals surface area (Å²) in [7, 11) is 0. The largest absolute Gasteiger partial charge is 0.427 e. The summed E-state index contributed by atoms with van der Waals surface area (Å²) in [6.45, 7) is 6.37. The maximum absolute atomic E-state index is 13.1. The monoisotopic (exact) mass is 566 g/mol. The van der Waals surface area contributed by atoms with Gasteiger partial charge in [0.05, 0.1) is 27.4 Å². The van der Waals surface area contributed by atoms with Crippen molar-refractivity contribution in [3.05, 3.63) is 35.2 Å². The van der Waals surface area contributed by atoms with Crippen LogP contribution in [-0.4, -0.2) is 50.7 Å². The highest BCUT2D eigenvalue weighted by Crippen LogP contribution is 2.38. The fourth-order valence-corrected chi connectivity index (χ4v) is 6.38. The van der Waals surface area contributed by atoms with Crippen LogP contribution in [0.1, 0.15) is 64.2 Å². The fourth-order valence-electron chi connectivity index (χ4n) is 6.21. The molecule has 2 amide bonds. The van der Waals surface area contributed by atoms with E-state index in [0.29, 0.717) is 28.9 Å². The van der Waals surface area contributed by atoms with E-state index in [1.165, 1.54) is 12.8 Å². The van der Waals surface area contributed by atoms with Gasteiger partial charge < -0.3 is 19.6 Å². The number of carbonyl (C=O) groups excluding carboxylic acids is 2. The lowest BCUT2D eigenvalue weighted by Crippen LogP contribution is -2.44. The van der Waals surface area contributed by atoms with Crippen LogP contribution >= 0.6 is 11.6 Å². The number of hydrogen-bond acceptors (Lipinski definition) is 8. The summed E-state index contributed by atoms with van der Waals surface area (Å²) >= 11 is 6.38. The Morgan fingerprint density at radius 1 is 1.18 bits per heavy atom. The number of carbonyl (C=O) groups is 2. The molecule has 2 aliphatic heterocycles. The standard InChI is InChI=1S/C28H35ClN8O3/c1-3-31-26(38)22-5-4-10-36(22)27-33-20-12-21(25-34-28(39)40-35-25)32-23(18-11-19(29)14-30-13-18)24(20)37(27)15-17-8-6-16(2)7-9-17/h11-14,16-17,22,25,35H,3-10,15H2,1-2H3,(H,31,38)(H,34,39)/t16?,17?,22-,25?/m1/s1. The second kappa shape index (κ2) is 11.2. The number of halogens is 1.